The summed E-state index contributed by atoms with van der Waals surface area (Å²) in [7, 11) is 0. The van der Waals surface area contributed by atoms with E-state index in [1.807, 2.05) is 19.1 Å². The molecule has 0 spiro atoms. The van der Waals surface area contributed by atoms with Gasteiger partial charge in [0.2, 0.25) is 0 Å². The van der Waals surface area contributed by atoms with Crippen LogP contribution >= 0.6 is 11.6 Å². The molecule has 0 N–H and O–H groups in total. The van der Waals surface area contributed by atoms with Gasteiger partial charge in [-0.05, 0) is 24.1 Å². The van der Waals surface area contributed by atoms with Gasteiger partial charge in [0.05, 0.1) is 17.2 Å². The number of hydrogen-bond acceptors (Lipinski definition) is 4. The highest BCUT2D eigenvalue weighted by atomic mass is 35.5. The van der Waals surface area contributed by atoms with Crippen molar-refractivity contribution < 1.29 is 14.5 Å². The Morgan fingerprint density at radius 1 is 1.29 bits per heavy atom. The van der Waals surface area contributed by atoms with Crippen LogP contribution in [0.25, 0.3) is 0 Å². The van der Waals surface area contributed by atoms with Gasteiger partial charge in [0.25, 0.3) is 11.6 Å². The first-order chi connectivity index (χ1) is 11.5. The van der Waals surface area contributed by atoms with Gasteiger partial charge >= 0.3 is 0 Å². The zero-order valence-corrected chi connectivity index (χ0v) is 13.7. The molecule has 0 bridgehead atoms. The van der Waals surface area contributed by atoms with E-state index in [2.05, 4.69) is 0 Å². The van der Waals surface area contributed by atoms with Crippen molar-refractivity contribution in [2.45, 2.75) is 26.0 Å². The van der Waals surface area contributed by atoms with Gasteiger partial charge in [-0.1, -0.05) is 36.7 Å². The van der Waals surface area contributed by atoms with Crippen LogP contribution in [-0.4, -0.2) is 16.9 Å². The molecule has 7 heteroatoms. The molecule has 1 aliphatic heterocycles. The number of benzene rings is 2. The zero-order chi connectivity index (χ0) is 17.3. The Morgan fingerprint density at radius 2 is 2.04 bits per heavy atom. The molecule has 1 amide bonds. The molecule has 0 saturated heterocycles. The van der Waals surface area contributed by atoms with Crippen LogP contribution in [0.2, 0.25) is 5.02 Å². The number of carbonyl (C=O) groups is 1. The van der Waals surface area contributed by atoms with Crippen molar-refractivity contribution in [1.29, 1.82) is 0 Å². The van der Waals surface area contributed by atoms with Gasteiger partial charge in [-0.25, -0.2) is 0 Å². The van der Waals surface area contributed by atoms with E-state index in [-0.39, 0.29) is 18.1 Å². The monoisotopic (exact) mass is 346 g/mol. The van der Waals surface area contributed by atoms with Crippen LogP contribution < -0.4 is 9.64 Å². The van der Waals surface area contributed by atoms with E-state index in [0.29, 0.717) is 22.9 Å². The average Bonchev–Trinajstić information content (AvgIpc) is 2.58. The lowest BCUT2D eigenvalue weighted by molar-refractivity contribution is -0.384. The lowest BCUT2D eigenvalue weighted by Gasteiger charge is -2.34. The Hall–Kier alpha value is -2.60. The quantitative estimate of drug-likeness (QED) is 0.620. The fourth-order valence-corrected chi connectivity index (χ4v) is 2.84. The summed E-state index contributed by atoms with van der Waals surface area (Å²) in [5.41, 5.74) is 1.06. The summed E-state index contributed by atoms with van der Waals surface area (Å²) in [5.74, 6) is 0.226. The highest BCUT2D eigenvalue weighted by Gasteiger charge is 2.34. The molecule has 1 aliphatic rings. The highest BCUT2D eigenvalue weighted by Crippen LogP contribution is 2.38. The molecule has 3 rings (SSSR count). The Morgan fingerprint density at radius 3 is 2.71 bits per heavy atom. The van der Waals surface area contributed by atoms with Gasteiger partial charge in [0.1, 0.15) is 5.75 Å². The van der Waals surface area contributed by atoms with Crippen LogP contribution in [0.4, 0.5) is 11.4 Å². The number of halogens is 1. The Bertz CT molecular complexity index is 809. The second-order valence-corrected chi connectivity index (χ2v) is 5.85. The number of rotatable bonds is 4. The molecule has 1 unspecified atom stereocenters. The fourth-order valence-electron chi connectivity index (χ4n) is 2.64. The van der Waals surface area contributed by atoms with E-state index in [4.69, 9.17) is 16.3 Å². The predicted molar refractivity (Wildman–Crippen MR) is 90.4 cm³/mol. The summed E-state index contributed by atoms with van der Waals surface area (Å²) in [6.45, 7) is 2.08. The fraction of sp³-hybridized carbons (Fsp3) is 0.235. The molecule has 1 heterocycles. The lowest BCUT2D eigenvalue weighted by Crippen LogP contribution is -2.45. The molecule has 0 saturated carbocycles. The molecular formula is C17H15ClN2O4. The minimum absolute atomic E-state index is 0.0933. The topological polar surface area (TPSA) is 72.7 Å². The van der Waals surface area contributed by atoms with E-state index in [9.17, 15) is 14.9 Å². The summed E-state index contributed by atoms with van der Waals surface area (Å²) in [6.07, 6.45) is -0.102. The van der Waals surface area contributed by atoms with Crippen molar-refractivity contribution in [3.8, 4) is 5.75 Å². The Labute approximate surface area is 143 Å². The van der Waals surface area contributed by atoms with Gasteiger partial charge < -0.3 is 9.64 Å². The normalized spacial score (nSPS) is 16.5. The number of carbonyl (C=O) groups excluding carboxylic acids is 1. The summed E-state index contributed by atoms with van der Waals surface area (Å²) >= 11 is 6.19. The smallest absolute Gasteiger partial charge is 0.271 e. The van der Waals surface area contributed by atoms with E-state index in [0.717, 1.165) is 5.56 Å². The standard InChI is InChI=1S/C17H15ClN2O4/c1-2-15-17(21)19(10-11-5-3-4-6-13(11)18)14-9-12(20(22)23)7-8-16(14)24-15/h3-9,15H,2,10H2,1H3. The number of hydrogen-bond donors (Lipinski definition) is 0. The van der Waals surface area contributed by atoms with E-state index >= 15 is 0 Å². The van der Waals surface area contributed by atoms with Crippen molar-refractivity contribution in [3.63, 3.8) is 0 Å². The maximum Gasteiger partial charge on any atom is 0.271 e. The average molecular weight is 347 g/mol. The molecule has 0 aliphatic carbocycles. The van der Waals surface area contributed by atoms with Gasteiger partial charge in [-0.3, -0.25) is 14.9 Å². The summed E-state index contributed by atoms with van der Waals surface area (Å²) in [5, 5.41) is 11.6. The second-order valence-electron chi connectivity index (χ2n) is 5.44. The largest absolute Gasteiger partial charge is 0.478 e. The Balaban J connectivity index is 2.06. The van der Waals surface area contributed by atoms with Crippen molar-refractivity contribution in [2.24, 2.45) is 0 Å². The third-order valence-electron chi connectivity index (χ3n) is 3.91. The maximum atomic E-state index is 12.7. The molecular weight excluding hydrogens is 332 g/mol. The van der Waals surface area contributed by atoms with E-state index < -0.39 is 11.0 Å². The number of ether oxygens (including phenoxy) is 1. The molecule has 0 fully saturated rings. The van der Waals surface area contributed by atoms with Crippen LogP contribution in [0, 0.1) is 10.1 Å². The predicted octanol–water partition coefficient (Wildman–Crippen LogP) is 3.95. The van der Waals surface area contributed by atoms with Crippen molar-refractivity contribution in [1.82, 2.24) is 0 Å². The third-order valence-corrected chi connectivity index (χ3v) is 4.28. The maximum absolute atomic E-state index is 12.7. The molecule has 0 aromatic heterocycles. The van der Waals surface area contributed by atoms with Gasteiger partial charge in [0, 0.05) is 17.2 Å². The van der Waals surface area contributed by atoms with E-state index in [1.54, 1.807) is 12.1 Å². The molecule has 0 radical (unpaired) electrons. The number of amides is 1. The van der Waals surface area contributed by atoms with Crippen molar-refractivity contribution >= 4 is 28.9 Å². The van der Waals surface area contributed by atoms with Crippen LogP contribution in [-0.2, 0) is 11.3 Å². The second kappa shape index (κ2) is 6.49. The third kappa shape index (κ3) is 2.92. The molecule has 124 valence electrons. The first kappa shape index (κ1) is 16.3. The van der Waals surface area contributed by atoms with Crippen molar-refractivity contribution in [3.05, 3.63) is 63.2 Å². The number of nitro groups is 1. The number of nitro benzene ring substituents is 1. The lowest BCUT2D eigenvalue weighted by atomic mass is 10.1. The zero-order valence-electron chi connectivity index (χ0n) is 12.9. The van der Waals surface area contributed by atoms with Crippen molar-refractivity contribution in [2.75, 3.05) is 4.90 Å². The van der Waals surface area contributed by atoms with E-state index in [1.165, 1.54) is 23.1 Å². The molecule has 2 aromatic carbocycles. The van der Waals surface area contributed by atoms with Crippen LogP contribution in [0.3, 0.4) is 0 Å². The van der Waals surface area contributed by atoms with Crippen LogP contribution in [0.15, 0.2) is 42.5 Å². The number of non-ortho nitro benzene ring substituents is 1. The minimum atomic E-state index is -0.610. The number of anilines is 1. The van der Waals surface area contributed by atoms with Gasteiger partial charge in [-0.15, -0.1) is 0 Å². The SMILES string of the molecule is CCC1Oc2ccc([N+](=O)[O-])cc2N(Cc2ccccc2Cl)C1=O. The number of nitrogens with zero attached hydrogens (tertiary/aromatic N) is 2. The molecule has 1 atom stereocenters. The molecule has 2 aromatic rings. The van der Waals surface area contributed by atoms with Crippen LogP contribution in [0.5, 0.6) is 5.75 Å². The summed E-state index contributed by atoms with van der Waals surface area (Å²) < 4.78 is 5.68. The first-order valence-electron chi connectivity index (χ1n) is 7.51. The summed E-state index contributed by atoms with van der Waals surface area (Å²) in [4.78, 5) is 24.8. The van der Waals surface area contributed by atoms with Crippen LogP contribution in [0.1, 0.15) is 18.9 Å². The van der Waals surface area contributed by atoms with Gasteiger partial charge in [-0.2, -0.15) is 0 Å². The highest BCUT2D eigenvalue weighted by molar-refractivity contribution is 6.31. The summed E-state index contributed by atoms with van der Waals surface area (Å²) in [6, 6.07) is 11.5. The van der Waals surface area contributed by atoms with Gasteiger partial charge in [0.15, 0.2) is 6.10 Å². The molecule has 6 nitrogen and oxygen atoms in total. The Kier molecular flexibility index (Phi) is 4.40. The first-order valence-corrected chi connectivity index (χ1v) is 7.89. The molecule has 24 heavy (non-hydrogen) atoms. The minimum Gasteiger partial charge on any atom is -0.478 e. The number of fused-ring (bicyclic) bond motifs is 1.